The zero-order valence-electron chi connectivity index (χ0n) is 9.46. The summed E-state index contributed by atoms with van der Waals surface area (Å²) in [5.74, 6) is 0.723. The SMILES string of the molecule is CCC(CC(C)C)N[SiH](OC)OC. The fraction of sp³-hybridized carbons (Fsp3) is 1.00. The molecule has 0 aromatic rings. The van der Waals surface area contributed by atoms with E-state index >= 15 is 0 Å². The Morgan fingerprint density at radius 1 is 1.23 bits per heavy atom. The Morgan fingerprint density at radius 3 is 2.08 bits per heavy atom. The summed E-state index contributed by atoms with van der Waals surface area (Å²) in [5, 5.41) is 0. The van der Waals surface area contributed by atoms with Crippen LogP contribution < -0.4 is 4.98 Å². The van der Waals surface area contributed by atoms with Crippen molar-refractivity contribution in [1.29, 1.82) is 0 Å². The van der Waals surface area contributed by atoms with Gasteiger partial charge in [-0.05, 0) is 18.8 Å². The van der Waals surface area contributed by atoms with Gasteiger partial charge in [-0.1, -0.05) is 20.8 Å². The summed E-state index contributed by atoms with van der Waals surface area (Å²) in [5.41, 5.74) is 0. The first-order valence-electron chi connectivity index (χ1n) is 4.95. The molecule has 0 aromatic heterocycles. The lowest BCUT2D eigenvalue weighted by Crippen LogP contribution is -2.45. The first-order chi connectivity index (χ1) is 6.13. The fourth-order valence-corrected chi connectivity index (χ4v) is 2.57. The molecule has 0 spiro atoms. The highest BCUT2D eigenvalue weighted by Gasteiger charge is 2.16. The molecule has 13 heavy (non-hydrogen) atoms. The van der Waals surface area contributed by atoms with E-state index in [1.54, 1.807) is 14.2 Å². The average molecular weight is 205 g/mol. The molecule has 0 fully saturated rings. The van der Waals surface area contributed by atoms with Crippen LogP contribution in [0.4, 0.5) is 0 Å². The lowest BCUT2D eigenvalue weighted by molar-refractivity contribution is 0.252. The van der Waals surface area contributed by atoms with Crippen LogP contribution >= 0.6 is 0 Å². The van der Waals surface area contributed by atoms with E-state index in [1.165, 1.54) is 6.42 Å². The Labute approximate surface area is 83.7 Å². The van der Waals surface area contributed by atoms with Gasteiger partial charge in [-0.2, -0.15) is 0 Å². The molecule has 0 aliphatic carbocycles. The van der Waals surface area contributed by atoms with Crippen LogP contribution in [0.2, 0.25) is 0 Å². The summed E-state index contributed by atoms with van der Waals surface area (Å²) in [6.07, 6.45) is 2.32. The summed E-state index contributed by atoms with van der Waals surface area (Å²) >= 11 is 0. The van der Waals surface area contributed by atoms with Crippen molar-refractivity contribution in [2.24, 2.45) is 5.92 Å². The molecule has 0 heterocycles. The van der Waals surface area contributed by atoms with Gasteiger partial charge in [-0.25, -0.2) is 0 Å². The smallest absolute Gasteiger partial charge is 0.388 e. The van der Waals surface area contributed by atoms with Crippen molar-refractivity contribution in [3.8, 4) is 0 Å². The Kier molecular flexibility index (Phi) is 7.55. The molecular formula is C9H23NO2Si. The molecule has 0 amide bonds. The van der Waals surface area contributed by atoms with Crippen LogP contribution in [0.5, 0.6) is 0 Å². The zero-order chi connectivity index (χ0) is 10.3. The highest BCUT2D eigenvalue weighted by atomic mass is 28.3. The molecule has 0 bridgehead atoms. The maximum atomic E-state index is 5.22. The van der Waals surface area contributed by atoms with Crippen molar-refractivity contribution < 1.29 is 8.85 Å². The summed E-state index contributed by atoms with van der Waals surface area (Å²) in [7, 11) is 1.83. The predicted molar refractivity (Wildman–Crippen MR) is 57.8 cm³/mol. The average Bonchev–Trinajstić information content (AvgIpc) is 2.11. The first-order valence-corrected chi connectivity index (χ1v) is 6.47. The van der Waals surface area contributed by atoms with Gasteiger partial charge in [0.25, 0.3) is 0 Å². The Morgan fingerprint density at radius 2 is 1.77 bits per heavy atom. The lowest BCUT2D eigenvalue weighted by Gasteiger charge is -2.22. The highest BCUT2D eigenvalue weighted by Crippen LogP contribution is 2.07. The molecule has 80 valence electrons. The molecule has 1 unspecified atom stereocenters. The van der Waals surface area contributed by atoms with Crippen LogP contribution in [0.25, 0.3) is 0 Å². The third-order valence-corrected chi connectivity index (χ3v) is 3.65. The molecule has 1 N–H and O–H groups in total. The van der Waals surface area contributed by atoms with Gasteiger partial charge in [0.15, 0.2) is 0 Å². The Balaban J connectivity index is 3.80. The van der Waals surface area contributed by atoms with Crippen molar-refractivity contribution in [3.63, 3.8) is 0 Å². The summed E-state index contributed by atoms with van der Waals surface area (Å²) in [6, 6.07) is 0.538. The van der Waals surface area contributed by atoms with Crippen LogP contribution in [0, 0.1) is 5.92 Å². The normalized spacial score (nSPS) is 14.1. The fourth-order valence-electron chi connectivity index (χ4n) is 1.35. The Bertz CT molecular complexity index is 118. The van der Waals surface area contributed by atoms with Crippen LogP contribution in [0.3, 0.4) is 0 Å². The van der Waals surface area contributed by atoms with E-state index in [2.05, 4.69) is 25.8 Å². The van der Waals surface area contributed by atoms with Crippen molar-refractivity contribution >= 4 is 9.45 Å². The number of rotatable bonds is 7. The topological polar surface area (TPSA) is 30.5 Å². The molecule has 0 saturated carbocycles. The molecule has 0 saturated heterocycles. The third kappa shape index (κ3) is 6.21. The Hall–Kier alpha value is 0.0969. The number of hydrogen-bond donors (Lipinski definition) is 1. The van der Waals surface area contributed by atoms with Gasteiger partial charge >= 0.3 is 9.45 Å². The molecule has 0 aromatic carbocycles. The minimum atomic E-state index is -1.58. The summed E-state index contributed by atoms with van der Waals surface area (Å²) in [6.45, 7) is 6.66. The standard InChI is InChI=1S/C9H23NO2Si/c1-6-9(7-8(2)3)10-13(11-4)12-5/h8-10,13H,6-7H2,1-5H3. The van der Waals surface area contributed by atoms with Crippen LogP contribution in [-0.2, 0) is 8.85 Å². The van der Waals surface area contributed by atoms with E-state index in [0.717, 1.165) is 12.3 Å². The molecular weight excluding hydrogens is 182 g/mol. The second-order valence-electron chi connectivity index (χ2n) is 3.70. The molecule has 0 aliphatic rings. The van der Waals surface area contributed by atoms with Gasteiger partial charge in [0.05, 0.1) is 0 Å². The van der Waals surface area contributed by atoms with Crippen LogP contribution in [0.15, 0.2) is 0 Å². The van der Waals surface area contributed by atoms with Crippen LogP contribution in [0.1, 0.15) is 33.6 Å². The van der Waals surface area contributed by atoms with E-state index in [9.17, 15) is 0 Å². The van der Waals surface area contributed by atoms with Crippen molar-refractivity contribution in [3.05, 3.63) is 0 Å². The third-order valence-electron chi connectivity index (χ3n) is 2.05. The van der Waals surface area contributed by atoms with Gasteiger partial charge in [0.2, 0.25) is 0 Å². The monoisotopic (exact) mass is 205 g/mol. The molecule has 0 aliphatic heterocycles. The van der Waals surface area contributed by atoms with E-state index < -0.39 is 9.45 Å². The van der Waals surface area contributed by atoms with E-state index in [4.69, 9.17) is 8.85 Å². The predicted octanol–water partition coefficient (Wildman–Crippen LogP) is 1.41. The molecule has 0 rings (SSSR count). The van der Waals surface area contributed by atoms with E-state index in [-0.39, 0.29) is 0 Å². The van der Waals surface area contributed by atoms with Crippen molar-refractivity contribution in [2.75, 3.05) is 14.2 Å². The number of nitrogens with one attached hydrogen (secondary N) is 1. The van der Waals surface area contributed by atoms with Gasteiger partial charge in [0, 0.05) is 20.3 Å². The highest BCUT2D eigenvalue weighted by molar-refractivity contribution is 6.41. The largest absolute Gasteiger partial charge is 0.407 e. The molecule has 0 radical (unpaired) electrons. The van der Waals surface area contributed by atoms with Crippen molar-refractivity contribution in [1.82, 2.24) is 4.98 Å². The van der Waals surface area contributed by atoms with Gasteiger partial charge in [-0.15, -0.1) is 0 Å². The zero-order valence-corrected chi connectivity index (χ0v) is 10.6. The minimum Gasteiger partial charge on any atom is -0.388 e. The second kappa shape index (κ2) is 7.50. The second-order valence-corrected chi connectivity index (χ2v) is 5.64. The first kappa shape index (κ1) is 13.1. The molecule has 4 heteroatoms. The quantitative estimate of drug-likeness (QED) is 0.638. The maximum Gasteiger partial charge on any atom is 0.407 e. The van der Waals surface area contributed by atoms with E-state index in [1.807, 2.05) is 0 Å². The van der Waals surface area contributed by atoms with Gasteiger partial charge in [-0.3, -0.25) is 4.98 Å². The maximum absolute atomic E-state index is 5.22. The van der Waals surface area contributed by atoms with Crippen LogP contribution in [-0.4, -0.2) is 29.7 Å². The summed E-state index contributed by atoms with van der Waals surface area (Å²) in [4.78, 5) is 3.43. The molecule has 1 atom stereocenters. The molecule has 3 nitrogen and oxygen atoms in total. The lowest BCUT2D eigenvalue weighted by atomic mass is 10.0. The van der Waals surface area contributed by atoms with Gasteiger partial charge in [0.1, 0.15) is 0 Å². The number of hydrogen-bond acceptors (Lipinski definition) is 3. The van der Waals surface area contributed by atoms with Gasteiger partial charge < -0.3 is 8.85 Å². The van der Waals surface area contributed by atoms with Crippen molar-refractivity contribution in [2.45, 2.75) is 39.7 Å². The van der Waals surface area contributed by atoms with E-state index in [0.29, 0.717) is 6.04 Å². The summed E-state index contributed by atoms with van der Waals surface area (Å²) < 4.78 is 10.4. The minimum absolute atomic E-state index is 0.538.